The molecule has 2 aromatic rings. The van der Waals surface area contributed by atoms with Crippen LogP contribution in [0.3, 0.4) is 0 Å². The number of aliphatic imine (C=N–C) groups is 1. The van der Waals surface area contributed by atoms with Crippen LogP contribution in [0.2, 0.25) is 0 Å². The van der Waals surface area contributed by atoms with E-state index in [0.717, 1.165) is 38.1 Å². The Morgan fingerprint density at radius 3 is 2.67 bits per heavy atom. The standard InChI is InChI=1S/C21H24N2O/c1-21(2)14-18-16-8-4-3-7-15(16)9-10-17(18)19(22-21)13-20(24)23-11-5-6-12-23/h3-4,7-10H,5-6,11-14H2,1-2H3. The molecule has 3 heteroatoms. The summed E-state index contributed by atoms with van der Waals surface area (Å²) in [5, 5.41) is 2.56. The van der Waals surface area contributed by atoms with Crippen LogP contribution in [0.25, 0.3) is 10.8 Å². The van der Waals surface area contributed by atoms with Crippen molar-refractivity contribution in [3.05, 3.63) is 47.5 Å². The third-order valence-electron chi connectivity index (χ3n) is 5.18. The molecule has 0 spiro atoms. The van der Waals surface area contributed by atoms with Crippen molar-refractivity contribution in [1.82, 2.24) is 4.90 Å². The van der Waals surface area contributed by atoms with Crippen molar-refractivity contribution in [1.29, 1.82) is 0 Å². The molecule has 0 atom stereocenters. The zero-order valence-corrected chi connectivity index (χ0v) is 14.5. The summed E-state index contributed by atoms with van der Waals surface area (Å²) in [5.41, 5.74) is 3.32. The SMILES string of the molecule is CC1(C)Cc2c(ccc3ccccc23)C(CC(=O)N2CCCC2)=N1. The van der Waals surface area contributed by atoms with Crippen molar-refractivity contribution >= 4 is 22.4 Å². The number of hydrogen-bond acceptors (Lipinski definition) is 2. The Labute approximate surface area is 143 Å². The van der Waals surface area contributed by atoms with Gasteiger partial charge in [-0.1, -0.05) is 36.4 Å². The van der Waals surface area contributed by atoms with Crippen LogP contribution in [0.5, 0.6) is 0 Å². The molecular formula is C21H24N2O. The molecule has 1 fully saturated rings. The molecule has 0 saturated carbocycles. The quantitative estimate of drug-likeness (QED) is 0.824. The molecule has 0 unspecified atom stereocenters. The average molecular weight is 320 g/mol. The Balaban J connectivity index is 1.75. The maximum absolute atomic E-state index is 12.6. The minimum absolute atomic E-state index is 0.155. The summed E-state index contributed by atoms with van der Waals surface area (Å²) in [7, 11) is 0. The number of hydrogen-bond donors (Lipinski definition) is 0. The molecule has 1 saturated heterocycles. The van der Waals surface area contributed by atoms with Crippen molar-refractivity contribution in [3.63, 3.8) is 0 Å². The van der Waals surface area contributed by atoms with Gasteiger partial charge in [0.1, 0.15) is 0 Å². The van der Waals surface area contributed by atoms with Crippen molar-refractivity contribution in [2.24, 2.45) is 4.99 Å². The summed E-state index contributed by atoms with van der Waals surface area (Å²) in [6.07, 6.45) is 3.61. The van der Waals surface area contributed by atoms with E-state index in [1.807, 2.05) is 4.90 Å². The lowest BCUT2D eigenvalue weighted by Crippen LogP contribution is -2.34. The van der Waals surface area contributed by atoms with Crippen LogP contribution in [0.15, 0.2) is 41.4 Å². The monoisotopic (exact) mass is 320 g/mol. The van der Waals surface area contributed by atoms with E-state index in [0.29, 0.717) is 6.42 Å². The van der Waals surface area contributed by atoms with Crippen LogP contribution in [-0.4, -0.2) is 35.1 Å². The van der Waals surface area contributed by atoms with Crippen LogP contribution in [-0.2, 0) is 11.2 Å². The highest BCUT2D eigenvalue weighted by molar-refractivity contribution is 6.14. The molecule has 0 N–H and O–H groups in total. The van der Waals surface area contributed by atoms with Gasteiger partial charge in [-0.3, -0.25) is 9.79 Å². The van der Waals surface area contributed by atoms with Gasteiger partial charge in [0.05, 0.1) is 17.7 Å². The van der Waals surface area contributed by atoms with E-state index < -0.39 is 0 Å². The number of carbonyl (C=O) groups excluding carboxylic acids is 1. The van der Waals surface area contributed by atoms with E-state index in [1.165, 1.54) is 21.9 Å². The second-order valence-corrected chi connectivity index (χ2v) is 7.63. The summed E-state index contributed by atoms with van der Waals surface area (Å²) >= 11 is 0. The molecule has 0 aliphatic carbocycles. The Morgan fingerprint density at radius 2 is 1.88 bits per heavy atom. The lowest BCUT2D eigenvalue weighted by Gasteiger charge is -2.30. The zero-order chi connectivity index (χ0) is 16.7. The number of benzene rings is 2. The summed E-state index contributed by atoms with van der Waals surface area (Å²) in [4.78, 5) is 19.6. The molecule has 2 heterocycles. The summed E-state index contributed by atoms with van der Waals surface area (Å²) in [5.74, 6) is 0.225. The second-order valence-electron chi connectivity index (χ2n) is 7.63. The van der Waals surface area contributed by atoms with E-state index >= 15 is 0 Å². The zero-order valence-electron chi connectivity index (χ0n) is 14.5. The summed E-state index contributed by atoms with van der Waals surface area (Å²) < 4.78 is 0. The smallest absolute Gasteiger partial charge is 0.228 e. The molecule has 3 nitrogen and oxygen atoms in total. The van der Waals surface area contributed by atoms with Gasteiger partial charge in [-0.2, -0.15) is 0 Å². The largest absolute Gasteiger partial charge is 0.342 e. The predicted molar refractivity (Wildman–Crippen MR) is 98.7 cm³/mol. The maximum Gasteiger partial charge on any atom is 0.228 e. The molecule has 24 heavy (non-hydrogen) atoms. The number of likely N-dealkylation sites (tertiary alicyclic amines) is 1. The summed E-state index contributed by atoms with van der Waals surface area (Å²) in [6.45, 7) is 6.14. The first-order valence-electron chi connectivity index (χ1n) is 8.91. The fourth-order valence-electron chi connectivity index (χ4n) is 4.05. The topological polar surface area (TPSA) is 32.7 Å². The van der Waals surface area contributed by atoms with E-state index in [1.54, 1.807) is 0 Å². The van der Waals surface area contributed by atoms with Gasteiger partial charge in [-0.05, 0) is 55.0 Å². The normalized spacial score (nSPS) is 19.2. The molecule has 2 aliphatic heterocycles. The predicted octanol–water partition coefficient (Wildman–Crippen LogP) is 3.98. The highest BCUT2D eigenvalue weighted by Gasteiger charge is 2.30. The number of amides is 1. The highest BCUT2D eigenvalue weighted by atomic mass is 16.2. The van der Waals surface area contributed by atoms with Gasteiger partial charge in [-0.25, -0.2) is 0 Å². The number of rotatable bonds is 2. The van der Waals surface area contributed by atoms with Crippen LogP contribution in [0, 0.1) is 0 Å². The van der Waals surface area contributed by atoms with Gasteiger partial charge < -0.3 is 4.90 Å². The van der Waals surface area contributed by atoms with Gasteiger partial charge >= 0.3 is 0 Å². The lowest BCUT2D eigenvalue weighted by molar-refractivity contribution is -0.128. The van der Waals surface area contributed by atoms with Crippen LogP contribution in [0.1, 0.15) is 44.2 Å². The van der Waals surface area contributed by atoms with E-state index in [9.17, 15) is 4.79 Å². The Hall–Kier alpha value is -2.16. The minimum Gasteiger partial charge on any atom is -0.342 e. The molecule has 0 radical (unpaired) electrons. The Morgan fingerprint density at radius 1 is 1.12 bits per heavy atom. The Bertz CT molecular complexity index is 829. The Kier molecular flexibility index (Phi) is 3.67. The van der Waals surface area contributed by atoms with Gasteiger partial charge in [0, 0.05) is 13.1 Å². The minimum atomic E-state index is -0.155. The first-order valence-corrected chi connectivity index (χ1v) is 8.91. The summed E-state index contributed by atoms with van der Waals surface area (Å²) in [6, 6.07) is 12.8. The van der Waals surface area contributed by atoms with Crippen molar-refractivity contribution in [2.45, 2.75) is 45.1 Å². The first-order chi connectivity index (χ1) is 11.5. The van der Waals surface area contributed by atoms with Crippen LogP contribution in [0.4, 0.5) is 0 Å². The van der Waals surface area contributed by atoms with Gasteiger partial charge in [-0.15, -0.1) is 0 Å². The average Bonchev–Trinajstić information content (AvgIpc) is 3.08. The van der Waals surface area contributed by atoms with Crippen LogP contribution < -0.4 is 0 Å². The molecule has 0 bridgehead atoms. The van der Waals surface area contributed by atoms with Gasteiger partial charge in [0.15, 0.2) is 0 Å². The number of fused-ring (bicyclic) bond motifs is 3. The molecule has 1 amide bonds. The molecule has 2 aliphatic rings. The fraction of sp³-hybridized carbons (Fsp3) is 0.429. The molecule has 0 aromatic heterocycles. The second kappa shape index (κ2) is 5.73. The number of nitrogens with zero attached hydrogens (tertiary/aromatic N) is 2. The third kappa shape index (κ3) is 2.72. The molecule has 124 valence electrons. The molecular weight excluding hydrogens is 296 g/mol. The molecule has 4 rings (SSSR count). The maximum atomic E-state index is 12.6. The van der Waals surface area contributed by atoms with E-state index in [2.05, 4.69) is 50.2 Å². The lowest BCUT2D eigenvalue weighted by atomic mass is 9.83. The molecule has 2 aromatic carbocycles. The van der Waals surface area contributed by atoms with E-state index in [-0.39, 0.29) is 11.4 Å². The fourth-order valence-corrected chi connectivity index (χ4v) is 4.05. The first kappa shape index (κ1) is 15.4. The van der Waals surface area contributed by atoms with Crippen LogP contribution >= 0.6 is 0 Å². The van der Waals surface area contributed by atoms with Gasteiger partial charge in [0.25, 0.3) is 0 Å². The van der Waals surface area contributed by atoms with Crippen molar-refractivity contribution in [2.75, 3.05) is 13.1 Å². The highest BCUT2D eigenvalue weighted by Crippen LogP contribution is 2.33. The number of carbonyl (C=O) groups is 1. The van der Waals surface area contributed by atoms with Gasteiger partial charge in [0.2, 0.25) is 5.91 Å². The van der Waals surface area contributed by atoms with Crippen molar-refractivity contribution < 1.29 is 4.79 Å². The third-order valence-corrected chi connectivity index (χ3v) is 5.18. The van der Waals surface area contributed by atoms with E-state index in [4.69, 9.17) is 4.99 Å². The van der Waals surface area contributed by atoms with Crippen molar-refractivity contribution in [3.8, 4) is 0 Å².